The molecule has 3 rings (SSSR count). The Kier molecular flexibility index (Phi) is 3.40. The summed E-state index contributed by atoms with van der Waals surface area (Å²) in [5, 5.41) is 2.02. The molecule has 1 saturated carbocycles. The highest BCUT2D eigenvalue weighted by molar-refractivity contribution is 7.13. The van der Waals surface area contributed by atoms with Crippen LogP contribution in [0, 0.1) is 5.82 Å². The summed E-state index contributed by atoms with van der Waals surface area (Å²) in [5.41, 5.74) is 6.43. The number of amides is 1. The Hall–Kier alpha value is -1.95. The van der Waals surface area contributed by atoms with Crippen LogP contribution in [0.15, 0.2) is 29.6 Å². The lowest BCUT2D eigenvalue weighted by Gasteiger charge is -2.21. The van der Waals surface area contributed by atoms with Crippen molar-refractivity contribution < 1.29 is 9.18 Å². The average molecular weight is 291 g/mol. The van der Waals surface area contributed by atoms with Gasteiger partial charge in [-0.15, -0.1) is 11.3 Å². The number of benzene rings is 1. The molecule has 0 bridgehead atoms. The molecule has 1 aromatic heterocycles. The van der Waals surface area contributed by atoms with Crippen LogP contribution in [0.5, 0.6) is 0 Å². The van der Waals surface area contributed by atoms with Gasteiger partial charge in [0.05, 0.1) is 0 Å². The number of thiazole rings is 1. The van der Waals surface area contributed by atoms with Crippen molar-refractivity contribution in [3.8, 4) is 0 Å². The fourth-order valence-electron chi connectivity index (χ4n) is 2.10. The van der Waals surface area contributed by atoms with Crippen LogP contribution in [0.4, 0.5) is 9.52 Å². The Labute approximate surface area is 120 Å². The first kappa shape index (κ1) is 13.1. The number of halogens is 1. The maximum atomic E-state index is 13.7. The van der Waals surface area contributed by atoms with Gasteiger partial charge in [0.1, 0.15) is 11.5 Å². The molecule has 1 amide bonds. The molecule has 2 aromatic rings. The summed E-state index contributed by atoms with van der Waals surface area (Å²) >= 11 is 1.24. The van der Waals surface area contributed by atoms with Gasteiger partial charge in [-0.1, -0.05) is 18.2 Å². The zero-order valence-corrected chi connectivity index (χ0v) is 11.6. The normalized spacial score (nSPS) is 14.2. The van der Waals surface area contributed by atoms with E-state index >= 15 is 0 Å². The number of hydrogen-bond acceptors (Lipinski definition) is 4. The van der Waals surface area contributed by atoms with Crippen molar-refractivity contribution in [2.24, 2.45) is 0 Å². The van der Waals surface area contributed by atoms with Gasteiger partial charge in [0.15, 0.2) is 5.13 Å². The second-order valence-electron chi connectivity index (χ2n) is 4.83. The maximum Gasteiger partial charge on any atom is 0.273 e. The third-order valence-corrected chi connectivity index (χ3v) is 3.96. The molecule has 0 spiro atoms. The predicted octanol–water partition coefficient (Wildman–Crippen LogP) is 2.67. The Morgan fingerprint density at radius 3 is 2.80 bits per heavy atom. The average Bonchev–Trinajstić information content (AvgIpc) is 3.18. The highest BCUT2D eigenvalue weighted by atomic mass is 32.1. The number of aromatic nitrogens is 1. The Morgan fingerprint density at radius 1 is 1.45 bits per heavy atom. The summed E-state index contributed by atoms with van der Waals surface area (Å²) in [5.74, 6) is -0.465. The summed E-state index contributed by atoms with van der Waals surface area (Å²) in [4.78, 5) is 18.2. The first-order valence-corrected chi connectivity index (χ1v) is 7.28. The Balaban J connectivity index is 1.83. The number of carbonyl (C=O) groups excluding carboxylic acids is 1. The third-order valence-electron chi connectivity index (χ3n) is 3.29. The molecule has 1 heterocycles. The zero-order valence-electron chi connectivity index (χ0n) is 10.8. The molecule has 1 fully saturated rings. The van der Waals surface area contributed by atoms with E-state index in [2.05, 4.69) is 4.98 Å². The van der Waals surface area contributed by atoms with Crippen molar-refractivity contribution >= 4 is 22.4 Å². The fourth-order valence-corrected chi connectivity index (χ4v) is 2.63. The van der Waals surface area contributed by atoms with E-state index in [-0.39, 0.29) is 24.3 Å². The number of carbonyl (C=O) groups is 1. The van der Waals surface area contributed by atoms with Gasteiger partial charge < -0.3 is 10.6 Å². The van der Waals surface area contributed by atoms with Crippen molar-refractivity contribution in [3.05, 3.63) is 46.7 Å². The monoisotopic (exact) mass is 291 g/mol. The van der Waals surface area contributed by atoms with Crippen LogP contribution in [-0.4, -0.2) is 21.8 Å². The van der Waals surface area contributed by atoms with E-state index in [1.165, 1.54) is 17.4 Å². The lowest BCUT2D eigenvalue weighted by Crippen LogP contribution is -2.33. The van der Waals surface area contributed by atoms with Crippen LogP contribution in [0.1, 0.15) is 28.9 Å². The molecular formula is C14H14FN3OS. The first-order chi connectivity index (χ1) is 9.65. The van der Waals surface area contributed by atoms with Gasteiger partial charge >= 0.3 is 0 Å². The maximum absolute atomic E-state index is 13.7. The third kappa shape index (κ3) is 2.65. The molecule has 1 aliphatic carbocycles. The fraction of sp³-hybridized carbons (Fsp3) is 0.286. The highest BCUT2D eigenvalue weighted by Crippen LogP contribution is 2.30. The van der Waals surface area contributed by atoms with E-state index < -0.39 is 0 Å². The second-order valence-corrected chi connectivity index (χ2v) is 5.72. The summed E-state index contributed by atoms with van der Waals surface area (Å²) < 4.78 is 13.7. The van der Waals surface area contributed by atoms with Crippen LogP contribution in [0.25, 0.3) is 0 Å². The van der Waals surface area contributed by atoms with E-state index in [0.29, 0.717) is 16.4 Å². The van der Waals surface area contributed by atoms with Crippen LogP contribution in [0.3, 0.4) is 0 Å². The minimum atomic E-state index is -0.288. The molecule has 2 N–H and O–H groups in total. The minimum Gasteiger partial charge on any atom is -0.375 e. The van der Waals surface area contributed by atoms with E-state index in [9.17, 15) is 9.18 Å². The number of nitrogens with zero attached hydrogens (tertiary/aromatic N) is 2. The van der Waals surface area contributed by atoms with Gasteiger partial charge in [-0.25, -0.2) is 9.37 Å². The lowest BCUT2D eigenvalue weighted by atomic mass is 10.2. The van der Waals surface area contributed by atoms with E-state index in [1.807, 2.05) is 0 Å². The molecule has 0 unspecified atom stereocenters. The Bertz CT molecular complexity index is 639. The Morgan fingerprint density at radius 2 is 2.20 bits per heavy atom. The minimum absolute atomic E-state index is 0.177. The van der Waals surface area contributed by atoms with Crippen LogP contribution in [0.2, 0.25) is 0 Å². The predicted molar refractivity (Wildman–Crippen MR) is 75.8 cm³/mol. The molecule has 0 saturated heterocycles. The van der Waals surface area contributed by atoms with Gasteiger partial charge in [0.2, 0.25) is 0 Å². The van der Waals surface area contributed by atoms with Gasteiger partial charge in [-0.05, 0) is 18.9 Å². The number of hydrogen-bond donors (Lipinski definition) is 1. The van der Waals surface area contributed by atoms with Crippen molar-refractivity contribution in [1.82, 2.24) is 9.88 Å². The van der Waals surface area contributed by atoms with Crippen LogP contribution >= 0.6 is 11.3 Å². The quantitative estimate of drug-likeness (QED) is 0.942. The van der Waals surface area contributed by atoms with Crippen LogP contribution in [-0.2, 0) is 6.54 Å². The van der Waals surface area contributed by atoms with Gasteiger partial charge in [-0.3, -0.25) is 4.79 Å². The first-order valence-electron chi connectivity index (χ1n) is 6.40. The van der Waals surface area contributed by atoms with Crippen molar-refractivity contribution in [2.75, 3.05) is 5.73 Å². The van der Waals surface area contributed by atoms with E-state index in [4.69, 9.17) is 5.73 Å². The largest absolute Gasteiger partial charge is 0.375 e. The standard InChI is InChI=1S/C14H14FN3OS/c15-11-4-2-1-3-9(11)7-18(10-5-6-10)13(19)12-8-20-14(16)17-12/h1-4,8,10H,5-7H2,(H2,16,17). The molecule has 0 radical (unpaired) electrons. The van der Waals surface area contributed by atoms with Gasteiger partial charge in [0, 0.05) is 23.5 Å². The molecule has 4 nitrogen and oxygen atoms in total. The molecule has 6 heteroatoms. The van der Waals surface area contributed by atoms with E-state index in [1.54, 1.807) is 28.5 Å². The summed E-state index contributed by atoms with van der Waals surface area (Å²) in [6.45, 7) is 0.271. The molecule has 0 aliphatic heterocycles. The highest BCUT2D eigenvalue weighted by Gasteiger charge is 2.34. The van der Waals surface area contributed by atoms with E-state index in [0.717, 1.165) is 12.8 Å². The number of nitrogen functional groups attached to an aromatic ring is 1. The summed E-state index contributed by atoms with van der Waals surface area (Å²) in [6.07, 6.45) is 1.92. The molecule has 20 heavy (non-hydrogen) atoms. The lowest BCUT2D eigenvalue weighted by molar-refractivity contribution is 0.0723. The summed E-state index contributed by atoms with van der Waals surface area (Å²) in [6, 6.07) is 6.71. The van der Waals surface area contributed by atoms with Crippen molar-refractivity contribution in [2.45, 2.75) is 25.4 Å². The zero-order chi connectivity index (χ0) is 14.1. The van der Waals surface area contributed by atoms with Crippen LogP contribution < -0.4 is 5.73 Å². The molecule has 0 atom stereocenters. The second kappa shape index (κ2) is 5.20. The summed E-state index contributed by atoms with van der Waals surface area (Å²) in [7, 11) is 0. The van der Waals surface area contributed by atoms with Crippen molar-refractivity contribution in [3.63, 3.8) is 0 Å². The smallest absolute Gasteiger partial charge is 0.273 e. The van der Waals surface area contributed by atoms with Crippen molar-refractivity contribution in [1.29, 1.82) is 0 Å². The van der Waals surface area contributed by atoms with Gasteiger partial charge in [-0.2, -0.15) is 0 Å². The number of nitrogens with two attached hydrogens (primary N) is 1. The molecule has 104 valence electrons. The molecule has 1 aliphatic rings. The topological polar surface area (TPSA) is 59.2 Å². The molecular weight excluding hydrogens is 277 g/mol. The SMILES string of the molecule is Nc1nc(C(=O)N(Cc2ccccc2F)C2CC2)cs1. The molecule has 1 aromatic carbocycles. The number of rotatable bonds is 4. The van der Waals surface area contributed by atoms with Gasteiger partial charge in [0.25, 0.3) is 5.91 Å². The number of anilines is 1.